The Hall–Kier alpha value is -0.610. The number of hydrogen-bond donors (Lipinski definition) is 2. The third kappa shape index (κ3) is 2.46. The summed E-state index contributed by atoms with van der Waals surface area (Å²) in [6.07, 6.45) is 0. The number of carbonyl (C=O) groups is 1. The topological polar surface area (TPSA) is 50.4 Å². The normalized spacial score (nSPS) is 29.8. The molecule has 1 fully saturated rings. The zero-order chi connectivity index (χ0) is 8.97. The van der Waals surface area contributed by atoms with Crippen LogP contribution < -0.4 is 10.6 Å². The van der Waals surface area contributed by atoms with Gasteiger partial charge in [0, 0.05) is 19.1 Å². The van der Waals surface area contributed by atoms with Crippen molar-refractivity contribution >= 4 is 5.97 Å². The fraction of sp³-hybridized carbons (Fsp3) is 0.875. The summed E-state index contributed by atoms with van der Waals surface area (Å²) in [6.45, 7) is 5.83. The predicted octanol–water partition coefficient (Wildman–Crippen LogP) is -0.501. The molecule has 0 aromatic rings. The highest BCUT2D eigenvalue weighted by molar-refractivity contribution is 5.76. The van der Waals surface area contributed by atoms with Crippen LogP contribution in [0.4, 0.5) is 0 Å². The van der Waals surface area contributed by atoms with E-state index in [4.69, 9.17) is 4.74 Å². The van der Waals surface area contributed by atoms with Crippen LogP contribution in [0.15, 0.2) is 0 Å². The molecule has 0 aromatic carbocycles. The van der Waals surface area contributed by atoms with Crippen molar-refractivity contribution < 1.29 is 9.53 Å². The number of rotatable bonds is 2. The van der Waals surface area contributed by atoms with Crippen molar-refractivity contribution in [1.82, 2.24) is 10.6 Å². The Morgan fingerprint density at radius 1 is 1.50 bits per heavy atom. The number of esters is 1. The first-order chi connectivity index (χ1) is 5.74. The third-order valence-electron chi connectivity index (χ3n) is 1.91. The van der Waals surface area contributed by atoms with Crippen molar-refractivity contribution in [2.24, 2.45) is 0 Å². The van der Waals surface area contributed by atoms with Gasteiger partial charge in [-0.1, -0.05) is 0 Å². The van der Waals surface area contributed by atoms with Crippen molar-refractivity contribution in [3.63, 3.8) is 0 Å². The summed E-state index contributed by atoms with van der Waals surface area (Å²) in [5.74, 6) is -0.156. The molecule has 1 aliphatic heterocycles. The smallest absolute Gasteiger partial charge is 0.324 e. The van der Waals surface area contributed by atoms with Crippen molar-refractivity contribution in [2.45, 2.75) is 25.9 Å². The van der Waals surface area contributed by atoms with E-state index in [-0.39, 0.29) is 12.0 Å². The maximum atomic E-state index is 11.2. The van der Waals surface area contributed by atoms with Crippen LogP contribution in [0.2, 0.25) is 0 Å². The summed E-state index contributed by atoms with van der Waals surface area (Å²) in [5.41, 5.74) is 0. The van der Waals surface area contributed by atoms with E-state index in [1.54, 1.807) is 0 Å². The van der Waals surface area contributed by atoms with E-state index < -0.39 is 0 Å². The van der Waals surface area contributed by atoms with Crippen molar-refractivity contribution in [1.29, 1.82) is 0 Å². The van der Waals surface area contributed by atoms with E-state index in [1.807, 2.05) is 6.92 Å². The van der Waals surface area contributed by atoms with Crippen molar-refractivity contribution in [2.75, 3.05) is 19.7 Å². The SMILES string of the molecule is CCOC(=O)[C@@H]1CN[C@@H](C)CN1. The molecule has 0 aromatic heterocycles. The summed E-state index contributed by atoms with van der Waals surface area (Å²) in [5, 5.41) is 6.32. The molecule has 4 heteroatoms. The molecule has 0 spiro atoms. The molecule has 0 radical (unpaired) electrons. The first-order valence-electron chi connectivity index (χ1n) is 4.37. The Morgan fingerprint density at radius 2 is 2.25 bits per heavy atom. The van der Waals surface area contributed by atoms with E-state index in [2.05, 4.69) is 17.6 Å². The Kier molecular flexibility index (Phi) is 3.49. The van der Waals surface area contributed by atoms with Gasteiger partial charge in [0.05, 0.1) is 6.61 Å². The van der Waals surface area contributed by atoms with Crippen LogP contribution in [0.5, 0.6) is 0 Å². The third-order valence-corrected chi connectivity index (χ3v) is 1.91. The fourth-order valence-corrected chi connectivity index (χ4v) is 1.19. The number of ether oxygens (including phenoxy) is 1. The Balaban J connectivity index is 2.29. The highest BCUT2D eigenvalue weighted by Crippen LogP contribution is 1.95. The quantitative estimate of drug-likeness (QED) is 0.551. The van der Waals surface area contributed by atoms with Crippen LogP contribution in [0.1, 0.15) is 13.8 Å². The molecular weight excluding hydrogens is 156 g/mol. The molecule has 12 heavy (non-hydrogen) atoms. The maximum absolute atomic E-state index is 11.2. The predicted molar refractivity (Wildman–Crippen MR) is 45.9 cm³/mol. The van der Waals surface area contributed by atoms with Gasteiger partial charge in [-0.3, -0.25) is 4.79 Å². The number of hydrogen-bond acceptors (Lipinski definition) is 4. The van der Waals surface area contributed by atoms with E-state index in [0.717, 1.165) is 6.54 Å². The highest BCUT2D eigenvalue weighted by atomic mass is 16.5. The van der Waals surface area contributed by atoms with Gasteiger partial charge in [-0.05, 0) is 13.8 Å². The molecule has 0 unspecified atom stereocenters. The lowest BCUT2D eigenvalue weighted by atomic mass is 10.2. The molecular formula is C8H16N2O2. The minimum atomic E-state index is -0.166. The van der Waals surface area contributed by atoms with Crippen molar-refractivity contribution in [3.8, 4) is 0 Å². The number of carbonyl (C=O) groups excluding carboxylic acids is 1. The van der Waals surface area contributed by atoms with Gasteiger partial charge in [0.1, 0.15) is 6.04 Å². The lowest BCUT2D eigenvalue weighted by Crippen LogP contribution is -2.56. The standard InChI is InChI=1S/C8H16N2O2/c1-3-12-8(11)7-5-9-6(2)4-10-7/h6-7,9-10H,3-5H2,1-2H3/t6-,7-/m0/s1. The zero-order valence-electron chi connectivity index (χ0n) is 7.59. The van der Waals surface area contributed by atoms with E-state index >= 15 is 0 Å². The fourth-order valence-electron chi connectivity index (χ4n) is 1.19. The molecule has 2 N–H and O–H groups in total. The minimum Gasteiger partial charge on any atom is -0.465 e. The second-order valence-electron chi connectivity index (χ2n) is 3.02. The molecule has 0 amide bonds. The summed E-state index contributed by atoms with van der Waals surface area (Å²) in [4.78, 5) is 11.2. The van der Waals surface area contributed by atoms with Crippen LogP contribution in [0.25, 0.3) is 0 Å². The molecule has 4 nitrogen and oxygen atoms in total. The Morgan fingerprint density at radius 3 is 2.75 bits per heavy atom. The molecule has 0 aliphatic carbocycles. The molecule has 0 saturated carbocycles. The Bertz CT molecular complexity index is 153. The van der Waals surface area contributed by atoms with Gasteiger partial charge in [0.25, 0.3) is 0 Å². The first-order valence-corrected chi connectivity index (χ1v) is 4.37. The van der Waals surface area contributed by atoms with Gasteiger partial charge >= 0.3 is 5.97 Å². The van der Waals surface area contributed by atoms with Crippen LogP contribution >= 0.6 is 0 Å². The zero-order valence-corrected chi connectivity index (χ0v) is 7.59. The largest absolute Gasteiger partial charge is 0.465 e. The van der Waals surface area contributed by atoms with Crippen LogP contribution in [-0.4, -0.2) is 37.7 Å². The van der Waals surface area contributed by atoms with Gasteiger partial charge in [-0.25, -0.2) is 0 Å². The van der Waals surface area contributed by atoms with E-state index in [0.29, 0.717) is 19.2 Å². The number of nitrogens with one attached hydrogen (secondary N) is 2. The first kappa shape index (κ1) is 9.48. The van der Waals surface area contributed by atoms with Gasteiger partial charge in [-0.2, -0.15) is 0 Å². The molecule has 2 atom stereocenters. The van der Waals surface area contributed by atoms with E-state index in [9.17, 15) is 4.79 Å². The van der Waals surface area contributed by atoms with Gasteiger partial charge < -0.3 is 15.4 Å². The molecule has 1 heterocycles. The summed E-state index contributed by atoms with van der Waals surface area (Å²) in [6, 6.07) is 0.275. The Labute approximate surface area is 72.7 Å². The van der Waals surface area contributed by atoms with Gasteiger partial charge in [0.15, 0.2) is 0 Å². The lowest BCUT2D eigenvalue weighted by molar-refractivity contribution is -0.145. The molecule has 70 valence electrons. The maximum Gasteiger partial charge on any atom is 0.324 e. The average molecular weight is 172 g/mol. The second kappa shape index (κ2) is 4.42. The van der Waals surface area contributed by atoms with Crippen LogP contribution in [-0.2, 0) is 9.53 Å². The summed E-state index contributed by atoms with van der Waals surface area (Å²) in [7, 11) is 0. The van der Waals surface area contributed by atoms with E-state index in [1.165, 1.54) is 0 Å². The molecule has 1 aliphatic rings. The molecule has 0 bridgehead atoms. The highest BCUT2D eigenvalue weighted by Gasteiger charge is 2.23. The summed E-state index contributed by atoms with van der Waals surface area (Å²) >= 11 is 0. The second-order valence-corrected chi connectivity index (χ2v) is 3.02. The monoisotopic (exact) mass is 172 g/mol. The summed E-state index contributed by atoms with van der Waals surface area (Å²) < 4.78 is 4.88. The molecule has 1 rings (SSSR count). The molecule has 1 saturated heterocycles. The average Bonchev–Trinajstić information content (AvgIpc) is 2.06. The lowest BCUT2D eigenvalue weighted by Gasteiger charge is -2.27. The minimum absolute atomic E-state index is 0.156. The number of piperazine rings is 1. The van der Waals surface area contributed by atoms with Crippen LogP contribution in [0.3, 0.4) is 0 Å². The van der Waals surface area contributed by atoms with Gasteiger partial charge in [-0.15, -0.1) is 0 Å². The van der Waals surface area contributed by atoms with Crippen molar-refractivity contribution in [3.05, 3.63) is 0 Å². The van der Waals surface area contributed by atoms with Crippen LogP contribution in [0, 0.1) is 0 Å². The van der Waals surface area contributed by atoms with Gasteiger partial charge in [0.2, 0.25) is 0 Å².